The van der Waals surface area contributed by atoms with Gasteiger partial charge in [0.25, 0.3) is 0 Å². The molecule has 0 bridgehead atoms. The van der Waals surface area contributed by atoms with E-state index in [1.54, 1.807) is 13.3 Å². The average Bonchev–Trinajstić information content (AvgIpc) is 3.17. The quantitative estimate of drug-likeness (QED) is 0.365. The number of nitrogens with zero attached hydrogens (tertiary/aromatic N) is 1. The van der Waals surface area contributed by atoms with E-state index in [1.807, 2.05) is 63.2 Å². The molecule has 1 aliphatic heterocycles. The third kappa shape index (κ3) is 6.14. The molecule has 2 aromatic carbocycles. The first-order valence-corrected chi connectivity index (χ1v) is 9.75. The van der Waals surface area contributed by atoms with E-state index in [9.17, 15) is 4.79 Å². The summed E-state index contributed by atoms with van der Waals surface area (Å²) in [6.07, 6.45) is 1.78. The maximum Gasteiger partial charge on any atom is 0.307 e. The van der Waals surface area contributed by atoms with Crippen LogP contribution in [0.4, 0.5) is 0 Å². The molecule has 1 aliphatic rings. The second-order valence-electron chi connectivity index (χ2n) is 7.90. The number of rotatable bonds is 8. The van der Waals surface area contributed by atoms with E-state index in [4.69, 9.17) is 23.8 Å². The smallest absolute Gasteiger partial charge is 0.307 e. The minimum Gasteiger partial charge on any atom is -0.497 e. The van der Waals surface area contributed by atoms with E-state index in [0.717, 1.165) is 16.9 Å². The van der Waals surface area contributed by atoms with Crippen molar-refractivity contribution in [3.8, 4) is 17.2 Å². The maximum atomic E-state index is 12.4. The van der Waals surface area contributed by atoms with Crippen molar-refractivity contribution >= 4 is 12.2 Å². The molecule has 1 atom stereocenters. The van der Waals surface area contributed by atoms with Crippen LogP contribution >= 0.6 is 0 Å². The number of carbonyl (C=O) groups excluding carboxylic acids is 1. The molecule has 0 aromatic heterocycles. The van der Waals surface area contributed by atoms with Crippen LogP contribution in [0.2, 0.25) is 0 Å². The Balaban J connectivity index is 1.67. The van der Waals surface area contributed by atoms with Crippen molar-refractivity contribution in [2.24, 2.45) is 5.16 Å². The molecule has 0 aliphatic carbocycles. The fourth-order valence-corrected chi connectivity index (χ4v) is 2.95. The van der Waals surface area contributed by atoms with Crippen molar-refractivity contribution < 1.29 is 28.6 Å². The monoisotopic (exact) mass is 413 g/mol. The number of carbonyl (C=O) groups is 1. The zero-order valence-electron chi connectivity index (χ0n) is 17.7. The summed E-state index contributed by atoms with van der Waals surface area (Å²) >= 11 is 0. The second kappa shape index (κ2) is 9.52. The number of esters is 1. The molecular weight excluding hydrogens is 386 g/mol. The number of hydrogen-bond acceptors (Lipinski definition) is 7. The van der Waals surface area contributed by atoms with Crippen LogP contribution in [0.25, 0.3) is 0 Å². The molecule has 30 heavy (non-hydrogen) atoms. The van der Waals surface area contributed by atoms with Crippen LogP contribution in [0.15, 0.2) is 47.6 Å². The Morgan fingerprint density at radius 2 is 1.87 bits per heavy atom. The van der Waals surface area contributed by atoms with Crippen LogP contribution in [0.1, 0.15) is 44.2 Å². The molecule has 3 rings (SSSR count). The van der Waals surface area contributed by atoms with E-state index < -0.39 is 5.60 Å². The highest BCUT2D eigenvalue weighted by Gasteiger charge is 2.24. The van der Waals surface area contributed by atoms with Crippen LogP contribution in [-0.2, 0) is 14.4 Å². The number of fused-ring (bicyclic) bond motifs is 1. The molecule has 0 radical (unpaired) electrons. The van der Waals surface area contributed by atoms with Gasteiger partial charge in [-0.1, -0.05) is 11.2 Å². The van der Waals surface area contributed by atoms with Crippen molar-refractivity contribution in [3.63, 3.8) is 0 Å². The second-order valence-corrected chi connectivity index (χ2v) is 7.90. The largest absolute Gasteiger partial charge is 0.497 e. The van der Waals surface area contributed by atoms with Gasteiger partial charge < -0.3 is 23.8 Å². The predicted molar refractivity (Wildman–Crippen MR) is 112 cm³/mol. The van der Waals surface area contributed by atoms with Crippen LogP contribution in [0.3, 0.4) is 0 Å². The van der Waals surface area contributed by atoms with Gasteiger partial charge in [-0.05, 0) is 68.3 Å². The summed E-state index contributed by atoms with van der Waals surface area (Å²) in [5.74, 6) is 1.57. The first-order valence-electron chi connectivity index (χ1n) is 9.75. The Bertz CT molecular complexity index is 886. The number of methoxy groups -OCH3 is 1. The third-order valence-electron chi connectivity index (χ3n) is 4.37. The molecule has 7 nitrogen and oxygen atoms in total. The summed E-state index contributed by atoms with van der Waals surface area (Å²) < 4.78 is 21.4. The van der Waals surface area contributed by atoms with Crippen molar-refractivity contribution in [1.82, 2.24) is 0 Å². The Morgan fingerprint density at radius 3 is 2.57 bits per heavy atom. The lowest BCUT2D eigenvalue weighted by atomic mass is 9.96. The first kappa shape index (κ1) is 21.5. The Kier molecular flexibility index (Phi) is 6.82. The van der Waals surface area contributed by atoms with E-state index in [1.165, 1.54) is 0 Å². The zero-order valence-corrected chi connectivity index (χ0v) is 17.7. The standard InChI is InChI=1S/C23H27NO6/c1-23(2,3)30-22(25)12-18(17-7-10-20-21(11-17)28-15-27-20)14-29-24-13-16-5-8-19(26-4)9-6-16/h5-11,13,18H,12,14-15H2,1-4H3/b24-13-/t18-/m1/s1. The van der Waals surface area contributed by atoms with Gasteiger partial charge in [0.1, 0.15) is 18.0 Å². The Morgan fingerprint density at radius 1 is 1.13 bits per heavy atom. The predicted octanol–water partition coefficient (Wildman–Crippen LogP) is 4.29. The molecule has 0 spiro atoms. The highest BCUT2D eigenvalue weighted by atomic mass is 16.7. The number of benzene rings is 2. The Hall–Kier alpha value is -3.22. The topological polar surface area (TPSA) is 75.6 Å². The molecule has 0 fully saturated rings. The van der Waals surface area contributed by atoms with E-state index in [-0.39, 0.29) is 31.7 Å². The van der Waals surface area contributed by atoms with Gasteiger partial charge in [-0.3, -0.25) is 4.79 Å². The highest BCUT2D eigenvalue weighted by Crippen LogP contribution is 2.35. The average molecular weight is 413 g/mol. The zero-order chi connectivity index (χ0) is 21.6. The molecule has 1 heterocycles. The molecule has 0 N–H and O–H groups in total. The van der Waals surface area contributed by atoms with E-state index >= 15 is 0 Å². The van der Waals surface area contributed by atoms with Crippen LogP contribution in [-0.4, -0.2) is 38.3 Å². The molecule has 0 amide bonds. The van der Waals surface area contributed by atoms with Gasteiger partial charge in [0.05, 0.1) is 19.7 Å². The lowest BCUT2D eigenvalue weighted by molar-refractivity contribution is -0.155. The maximum absolute atomic E-state index is 12.4. The van der Waals surface area contributed by atoms with Crippen molar-refractivity contribution in [2.45, 2.75) is 38.7 Å². The fourth-order valence-electron chi connectivity index (χ4n) is 2.95. The highest BCUT2D eigenvalue weighted by molar-refractivity contribution is 5.79. The van der Waals surface area contributed by atoms with Crippen LogP contribution < -0.4 is 14.2 Å². The lowest BCUT2D eigenvalue weighted by Gasteiger charge is -2.22. The molecule has 0 unspecified atom stereocenters. The molecule has 2 aromatic rings. The molecule has 0 saturated carbocycles. The molecular formula is C23H27NO6. The van der Waals surface area contributed by atoms with Gasteiger partial charge >= 0.3 is 5.97 Å². The third-order valence-corrected chi connectivity index (χ3v) is 4.37. The van der Waals surface area contributed by atoms with E-state index in [2.05, 4.69) is 5.16 Å². The van der Waals surface area contributed by atoms with Gasteiger partial charge in [0, 0.05) is 5.92 Å². The fraction of sp³-hybridized carbons (Fsp3) is 0.391. The van der Waals surface area contributed by atoms with Crippen LogP contribution in [0.5, 0.6) is 17.2 Å². The Labute approximate surface area is 176 Å². The van der Waals surface area contributed by atoms with Gasteiger partial charge in [0.15, 0.2) is 11.5 Å². The summed E-state index contributed by atoms with van der Waals surface area (Å²) in [5.41, 5.74) is 1.22. The van der Waals surface area contributed by atoms with Crippen molar-refractivity contribution in [1.29, 1.82) is 0 Å². The minimum absolute atomic E-state index is 0.162. The van der Waals surface area contributed by atoms with E-state index in [0.29, 0.717) is 11.5 Å². The number of hydrogen-bond donors (Lipinski definition) is 0. The first-order chi connectivity index (χ1) is 14.3. The van der Waals surface area contributed by atoms with Crippen molar-refractivity contribution in [2.75, 3.05) is 20.5 Å². The van der Waals surface area contributed by atoms with Crippen molar-refractivity contribution in [3.05, 3.63) is 53.6 Å². The number of oxime groups is 1. The summed E-state index contributed by atoms with van der Waals surface area (Å²) in [4.78, 5) is 17.9. The normalized spacial score (nSPS) is 13.9. The number of ether oxygens (including phenoxy) is 4. The summed E-state index contributed by atoms with van der Waals surface area (Å²) in [6.45, 7) is 5.94. The van der Waals surface area contributed by atoms with Gasteiger partial charge in [-0.25, -0.2) is 0 Å². The van der Waals surface area contributed by atoms with Gasteiger partial charge in [-0.15, -0.1) is 0 Å². The van der Waals surface area contributed by atoms with Gasteiger partial charge in [0.2, 0.25) is 6.79 Å². The summed E-state index contributed by atoms with van der Waals surface area (Å²) in [6, 6.07) is 13.1. The minimum atomic E-state index is -0.552. The molecule has 160 valence electrons. The summed E-state index contributed by atoms with van der Waals surface area (Å²) in [5, 5.41) is 4.04. The summed E-state index contributed by atoms with van der Waals surface area (Å²) in [7, 11) is 1.62. The van der Waals surface area contributed by atoms with Crippen LogP contribution in [0, 0.1) is 0 Å². The SMILES string of the molecule is COc1ccc(/C=N\OC[C@@H](CC(=O)OC(C)(C)C)c2ccc3c(c2)OCO3)cc1. The molecule has 0 saturated heterocycles. The molecule has 7 heteroatoms. The lowest BCUT2D eigenvalue weighted by Crippen LogP contribution is -2.25. The van der Waals surface area contributed by atoms with Gasteiger partial charge in [-0.2, -0.15) is 0 Å².